The number of hydrogen-bond donors (Lipinski definition) is 1. The minimum absolute atomic E-state index is 0.100. The van der Waals surface area contributed by atoms with Gasteiger partial charge in [-0.3, -0.25) is 4.79 Å². The summed E-state index contributed by atoms with van der Waals surface area (Å²) in [5.74, 6) is -0.235. The third-order valence-corrected chi connectivity index (χ3v) is 4.53. The molecule has 0 aliphatic heterocycles. The highest BCUT2D eigenvalue weighted by Crippen LogP contribution is 2.34. The molecule has 0 radical (unpaired) electrons. The number of amides is 1. The standard InChI is InChI=1S/C21H11Cl2F3N2O2/c22-15-4-1-12(2-5-15)19-8-6-16(30-19)9-13(11-27)20(29)28-18-10-14(21(24,25)26)3-7-17(18)23/h1-10H,(H,28,29)/b13-9+. The zero-order valence-corrected chi connectivity index (χ0v) is 16.4. The fourth-order valence-electron chi connectivity index (χ4n) is 2.48. The lowest BCUT2D eigenvalue weighted by atomic mass is 10.1. The first-order valence-corrected chi connectivity index (χ1v) is 9.08. The molecule has 0 fully saturated rings. The van der Waals surface area contributed by atoms with Crippen LogP contribution in [0.5, 0.6) is 0 Å². The summed E-state index contributed by atoms with van der Waals surface area (Å²) in [6, 6.07) is 14.2. The molecule has 1 heterocycles. The maximum Gasteiger partial charge on any atom is 0.416 e. The minimum Gasteiger partial charge on any atom is -0.457 e. The van der Waals surface area contributed by atoms with Gasteiger partial charge in [0.1, 0.15) is 23.2 Å². The Morgan fingerprint density at radius 2 is 1.77 bits per heavy atom. The Labute approximate surface area is 179 Å². The molecule has 30 heavy (non-hydrogen) atoms. The first kappa shape index (κ1) is 21.5. The summed E-state index contributed by atoms with van der Waals surface area (Å²) in [5, 5.41) is 12.0. The van der Waals surface area contributed by atoms with Crippen LogP contribution in [-0.4, -0.2) is 5.91 Å². The van der Waals surface area contributed by atoms with Crippen LogP contribution in [-0.2, 0) is 11.0 Å². The van der Waals surface area contributed by atoms with E-state index in [1.165, 1.54) is 6.08 Å². The number of carbonyl (C=O) groups is 1. The summed E-state index contributed by atoms with van der Waals surface area (Å²) in [7, 11) is 0. The van der Waals surface area contributed by atoms with Crippen LogP contribution in [0.2, 0.25) is 10.0 Å². The van der Waals surface area contributed by atoms with Crippen molar-refractivity contribution in [1.29, 1.82) is 5.26 Å². The fourth-order valence-corrected chi connectivity index (χ4v) is 2.77. The van der Waals surface area contributed by atoms with Gasteiger partial charge in [0.25, 0.3) is 5.91 Å². The van der Waals surface area contributed by atoms with Crippen molar-refractivity contribution >= 4 is 40.9 Å². The van der Waals surface area contributed by atoms with Crippen LogP contribution < -0.4 is 5.32 Å². The van der Waals surface area contributed by atoms with Gasteiger partial charge in [0, 0.05) is 16.7 Å². The molecule has 3 aromatic rings. The van der Waals surface area contributed by atoms with Gasteiger partial charge in [0.05, 0.1) is 16.3 Å². The normalized spacial score (nSPS) is 11.8. The first-order valence-electron chi connectivity index (χ1n) is 8.33. The third-order valence-electron chi connectivity index (χ3n) is 3.95. The van der Waals surface area contributed by atoms with E-state index in [-0.39, 0.29) is 22.0 Å². The zero-order valence-electron chi connectivity index (χ0n) is 14.9. The smallest absolute Gasteiger partial charge is 0.416 e. The molecule has 4 nitrogen and oxygen atoms in total. The van der Waals surface area contributed by atoms with Crippen molar-refractivity contribution in [3.63, 3.8) is 0 Å². The average Bonchev–Trinajstić information content (AvgIpc) is 3.16. The van der Waals surface area contributed by atoms with E-state index >= 15 is 0 Å². The highest BCUT2D eigenvalue weighted by molar-refractivity contribution is 6.34. The molecule has 1 N–H and O–H groups in total. The van der Waals surface area contributed by atoms with Gasteiger partial charge < -0.3 is 9.73 Å². The molecule has 0 bridgehead atoms. The molecule has 0 unspecified atom stereocenters. The molecule has 0 aliphatic carbocycles. The van der Waals surface area contributed by atoms with E-state index in [1.54, 1.807) is 42.5 Å². The second-order valence-electron chi connectivity index (χ2n) is 6.03. The number of nitriles is 1. The predicted molar refractivity (Wildman–Crippen MR) is 108 cm³/mol. The number of hydrogen-bond acceptors (Lipinski definition) is 3. The van der Waals surface area contributed by atoms with Gasteiger partial charge in [0.15, 0.2) is 0 Å². The second kappa shape index (κ2) is 8.66. The number of nitrogens with one attached hydrogen (secondary N) is 1. The molecule has 0 atom stereocenters. The molecule has 0 saturated heterocycles. The van der Waals surface area contributed by atoms with Crippen LogP contribution in [0.4, 0.5) is 18.9 Å². The van der Waals surface area contributed by atoms with Gasteiger partial charge in [-0.25, -0.2) is 0 Å². The quantitative estimate of drug-likeness (QED) is 0.350. The molecule has 0 aliphatic rings. The maximum absolute atomic E-state index is 12.9. The van der Waals surface area contributed by atoms with Crippen molar-refractivity contribution in [2.24, 2.45) is 0 Å². The van der Waals surface area contributed by atoms with Crippen LogP contribution in [0.3, 0.4) is 0 Å². The molecule has 3 rings (SSSR count). The van der Waals surface area contributed by atoms with Crippen molar-refractivity contribution in [2.45, 2.75) is 6.18 Å². The predicted octanol–water partition coefficient (Wildman–Crippen LogP) is 6.82. The highest BCUT2D eigenvalue weighted by Gasteiger charge is 2.31. The minimum atomic E-state index is -4.61. The Hall–Kier alpha value is -3.21. The number of halogens is 5. The third kappa shape index (κ3) is 5.03. The Balaban J connectivity index is 1.83. The lowest BCUT2D eigenvalue weighted by molar-refractivity contribution is -0.137. The second-order valence-corrected chi connectivity index (χ2v) is 6.87. The van der Waals surface area contributed by atoms with Crippen LogP contribution in [0.25, 0.3) is 17.4 Å². The summed E-state index contributed by atoms with van der Waals surface area (Å²) < 4.78 is 44.2. The topological polar surface area (TPSA) is 66.0 Å². The van der Waals surface area contributed by atoms with Gasteiger partial charge in [-0.2, -0.15) is 18.4 Å². The van der Waals surface area contributed by atoms with Crippen LogP contribution >= 0.6 is 23.2 Å². The van der Waals surface area contributed by atoms with E-state index in [0.29, 0.717) is 16.8 Å². The van der Waals surface area contributed by atoms with Crippen LogP contribution in [0, 0.1) is 11.3 Å². The molecule has 152 valence electrons. The lowest BCUT2D eigenvalue weighted by Crippen LogP contribution is -2.15. The Bertz CT molecular complexity index is 1160. The number of nitrogens with zero attached hydrogens (tertiary/aromatic N) is 1. The number of carbonyl (C=O) groups excluding carboxylic acids is 1. The van der Waals surface area contributed by atoms with Gasteiger partial charge in [-0.15, -0.1) is 0 Å². The largest absolute Gasteiger partial charge is 0.457 e. The van der Waals surface area contributed by atoms with E-state index in [9.17, 15) is 23.2 Å². The number of benzene rings is 2. The molecule has 1 aromatic heterocycles. The molecule has 0 spiro atoms. The Kier molecular flexibility index (Phi) is 6.20. The first-order chi connectivity index (χ1) is 14.2. The number of alkyl halides is 3. The summed E-state index contributed by atoms with van der Waals surface area (Å²) in [4.78, 5) is 12.4. The van der Waals surface area contributed by atoms with Crippen molar-refractivity contribution < 1.29 is 22.4 Å². The summed E-state index contributed by atoms with van der Waals surface area (Å²) >= 11 is 11.7. The average molecular weight is 451 g/mol. The van der Waals surface area contributed by atoms with Crippen molar-refractivity contribution in [1.82, 2.24) is 0 Å². The molecule has 2 aromatic carbocycles. The Morgan fingerprint density at radius 3 is 2.40 bits per heavy atom. The van der Waals surface area contributed by atoms with Gasteiger partial charge in [-0.1, -0.05) is 23.2 Å². The zero-order chi connectivity index (χ0) is 21.9. The maximum atomic E-state index is 12.9. The van der Waals surface area contributed by atoms with Gasteiger partial charge in [0.2, 0.25) is 0 Å². The molecule has 9 heteroatoms. The summed E-state index contributed by atoms with van der Waals surface area (Å²) in [5.41, 5.74) is -0.888. The lowest BCUT2D eigenvalue weighted by Gasteiger charge is -2.11. The SMILES string of the molecule is N#C/C(=C\c1ccc(-c2ccc(Cl)cc2)o1)C(=O)Nc1cc(C(F)(F)F)ccc1Cl. The van der Waals surface area contributed by atoms with Crippen molar-refractivity contribution in [2.75, 3.05) is 5.32 Å². The molecule has 1 amide bonds. The van der Waals surface area contributed by atoms with Crippen LogP contribution in [0.1, 0.15) is 11.3 Å². The monoisotopic (exact) mass is 450 g/mol. The van der Waals surface area contributed by atoms with E-state index in [1.807, 2.05) is 0 Å². The summed E-state index contributed by atoms with van der Waals surface area (Å²) in [6.45, 7) is 0. The molecule has 0 saturated carbocycles. The van der Waals surface area contributed by atoms with E-state index in [2.05, 4.69) is 5.32 Å². The van der Waals surface area contributed by atoms with Gasteiger partial charge in [-0.05, 0) is 54.6 Å². The number of furan rings is 1. The van der Waals surface area contributed by atoms with Crippen molar-refractivity contribution in [3.8, 4) is 17.4 Å². The highest BCUT2D eigenvalue weighted by atomic mass is 35.5. The van der Waals surface area contributed by atoms with Gasteiger partial charge >= 0.3 is 6.18 Å². The van der Waals surface area contributed by atoms with E-state index in [4.69, 9.17) is 27.6 Å². The van der Waals surface area contributed by atoms with Crippen LogP contribution in [0.15, 0.2) is 64.6 Å². The number of rotatable bonds is 4. The summed E-state index contributed by atoms with van der Waals surface area (Å²) in [6.07, 6.45) is -3.43. The number of anilines is 1. The molecular weight excluding hydrogens is 440 g/mol. The van der Waals surface area contributed by atoms with E-state index in [0.717, 1.165) is 17.7 Å². The van der Waals surface area contributed by atoms with E-state index < -0.39 is 17.6 Å². The fraction of sp³-hybridized carbons (Fsp3) is 0.0476. The Morgan fingerprint density at radius 1 is 1.07 bits per heavy atom. The van der Waals surface area contributed by atoms with Crippen molar-refractivity contribution in [3.05, 3.63) is 81.5 Å². The molecular formula is C21H11Cl2F3N2O2.